The number of nitrogens with zero attached hydrogens (tertiary/aromatic N) is 1. The Balaban J connectivity index is 1.75. The lowest BCUT2D eigenvalue weighted by Crippen LogP contribution is -2.16. The molecule has 1 aromatic carbocycles. The molecule has 2 N–H and O–H groups in total. The molecule has 2 aromatic rings. The van der Waals surface area contributed by atoms with Crippen LogP contribution < -0.4 is 14.8 Å². The molecule has 0 atom stereocenters. The molecule has 1 aliphatic carbocycles. The molecule has 134 valence electrons. The maximum Gasteiger partial charge on any atom is 0.266 e. The summed E-state index contributed by atoms with van der Waals surface area (Å²) in [4.78, 5) is 4.32. The largest absolute Gasteiger partial charge is 0.495 e. The van der Waals surface area contributed by atoms with Crippen LogP contribution in [0.2, 0.25) is 0 Å². The lowest BCUT2D eigenvalue weighted by molar-refractivity contribution is 0.402. The number of anilines is 2. The van der Waals surface area contributed by atoms with E-state index in [0.717, 1.165) is 11.3 Å². The Morgan fingerprint density at radius 3 is 2.56 bits per heavy atom. The van der Waals surface area contributed by atoms with E-state index in [0.29, 0.717) is 11.8 Å². The minimum Gasteiger partial charge on any atom is -0.495 e. The molecule has 1 heterocycles. The number of aromatic nitrogens is 1. The molecule has 0 aliphatic heterocycles. The van der Waals surface area contributed by atoms with E-state index in [4.69, 9.17) is 4.74 Å². The van der Waals surface area contributed by atoms with Crippen molar-refractivity contribution < 1.29 is 13.2 Å². The number of hydrogen-bond donors (Lipinski definition) is 2. The minimum absolute atomic E-state index is 0.102. The van der Waals surface area contributed by atoms with Gasteiger partial charge in [-0.2, -0.15) is 0 Å². The molecule has 7 heteroatoms. The Labute approximate surface area is 148 Å². The van der Waals surface area contributed by atoms with E-state index in [1.807, 2.05) is 13.0 Å². The predicted octanol–water partition coefficient (Wildman–Crippen LogP) is 3.55. The van der Waals surface area contributed by atoms with Gasteiger partial charge in [0.25, 0.3) is 10.0 Å². The Morgan fingerprint density at radius 1 is 1.16 bits per heavy atom. The van der Waals surface area contributed by atoms with E-state index in [2.05, 4.69) is 15.0 Å². The highest BCUT2D eigenvalue weighted by Gasteiger charge is 2.20. The molecule has 25 heavy (non-hydrogen) atoms. The molecule has 6 nitrogen and oxygen atoms in total. The van der Waals surface area contributed by atoms with Crippen LogP contribution in [0.3, 0.4) is 0 Å². The third-order valence-electron chi connectivity index (χ3n) is 4.34. The average Bonchev–Trinajstić information content (AvgIpc) is 3.09. The van der Waals surface area contributed by atoms with E-state index in [9.17, 15) is 8.42 Å². The summed E-state index contributed by atoms with van der Waals surface area (Å²) >= 11 is 0. The SMILES string of the molecule is COc1ccc(C)cc1S(=O)(=O)Nc1ccc(NC2CCCC2)cn1. The summed E-state index contributed by atoms with van der Waals surface area (Å²) in [5.74, 6) is 0.582. The lowest BCUT2D eigenvalue weighted by atomic mass is 10.2. The van der Waals surface area contributed by atoms with Crippen LogP contribution in [0.4, 0.5) is 11.5 Å². The normalized spacial score (nSPS) is 15.1. The third-order valence-corrected chi connectivity index (χ3v) is 5.71. The molecule has 1 saturated carbocycles. The number of nitrogens with one attached hydrogen (secondary N) is 2. The van der Waals surface area contributed by atoms with Crippen LogP contribution in [0.1, 0.15) is 31.2 Å². The Hall–Kier alpha value is -2.28. The Bertz CT molecular complexity index is 829. The van der Waals surface area contributed by atoms with Crippen molar-refractivity contribution in [3.8, 4) is 5.75 Å². The average molecular weight is 361 g/mol. The smallest absolute Gasteiger partial charge is 0.266 e. The second-order valence-corrected chi connectivity index (χ2v) is 7.97. The van der Waals surface area contributed by atoms with Crippen LogP contribution >= 0.6 is 0 Å². The molecule has 0 unspecified atom stereocenters. The zero-order chi connectivity index (χ0) is 17.9. The van der Waals surface area contributed by atoms with E-state index in [1.165, 1.54) is 32.8 Å². The van der Waals surface area contributed by atoms with Gasteiger partial charge in [-0.1, -0.05) is 18.9 Å². The van der Waals surface area contributed by atoms with Gasteiger partial charge in [0, 0.05) is 6.04 Å². The summed E-state index contributed by atoms with van der Waals surface area (Å²) in [5.41, 5.74) is 1.74. The number of methoxy groups -OCH3 is 1. The first-order chi connectivity index (χ1) is 12.0. The van der Waals surface area contributed by atoms with Crippen molar-refractivity contribution in [3.63, 3.8) is 0 Å². The molecular formula is C18H23N3O3S. The molecule has 3 rings (SSSR count). The number of benzene rings is 1. The van der Waals surface area contributed by atoms with Crippen molar-refractivity contribution in [1.82, 2.24) is 4.98 Å². The van der Waals surface area contributed by atoms with Crippen molar-refractivity contribution in [1.29, 1.82) is 0 Å². The highest BCUT2D eigenvalue weighted by Crippen LogP contribution is 2.27. The number of pyridine rings is 1. The Kier molecular flexibility index (Phi) is 5.13. The van der Waals surface area contributed by atoms with Crippen molar-refractivity contribution in [2.75, 3.05) is 17.1 Å². The number of rotatable bonds is 6. The molecule has 0 amide bonds. The molecule has 1 fully saturated rings. The van der Waals surface area contributed by atoms with Gasteiger partial charge < -0.3 is 10.1 Å². The zero-order valence-electron chi connectivity index (χ0n) is 14.5. The predicted molar refractivity (Wildman–Crippen MR) is 98.7 cm³/mol. The lowest BCUT2D eigenvalue weighted by Gasteiger charge is -2.14. The summed E-state index contributed by atoms with van der Waals surface area (Å²) in [5, 5.41) is 3.43. The first-order valence-corrected chi connectivity index (χ1v) is 9.86. The van der Waals surface area contributed by atoms with Gasteiger partial charge in [0.2, 0.25) is 0 Å². The maximum absolute atomic E-state index is 12.7. The van der Waals surface area contributed by atoms with Gasteiger partial charge >= 0.3 is 0 Å². The molecule has 0 radical (unpaired) electrons. The van der Waals surface area contributed by atoms with Gasteiger partial charge in [-0.3, -0.25) is 4.72 Å². The quantitative estimate of drug-likeness (QED) is 0.822. The van der Waals surface area contributed by atoms with Crippen molar-refractivity contribution in [2.45, 2.75) is 43.5 Å². The number of aryl methyl sites for hydroxylation is 1. The molecule has 0 bridgehead atoms. The zero-order valence-corrected chi connectivity index (χ0v) is 15.3. The fourth-order valence-corrected chi connectivity index (χ4v) is 4.30. The summed E-state index contributed by atoms with van der Waals surface area (Å²) < 4.78 is 33.0. The fourth-order valence-electron chi connectivity index (χ4n) is 3.03. The van der Waals surface area contributed by atoms with E-state index < -0.39 is 10.0 Å². The maximum atomic E-state index is 12.7. The number of ether oxygens (including phenoxy) is 1. The van der Waals surface area contributed by atoms with Gasteiger partial charge in [-0.25, -0.2) is 13.4 Å². The van der Waals surface area contributed by atoms with Crippen LogP contribution in [0, 0.1) is 6.92 Å². The summed E-state index contributed by atoms with van der Waals surface area (Å²) in [7, 11) is -2.32. The van der Waals surface area contributed by atoms with Crippen molar-refractivity contribution in [3.05, 3.63) is 42.1 Å². The highest BCUT2D eigenvalue weighted by atomic mass is 32.2. The van der Waals surface area contributed by atoms with E-state index in [1.54, 1.807) is 30.5 Å². The van der Waals surface area contributed by atoms with Gasteiger partial charge in [-0.15, -0.1) is 0 Å². The summed E-state index contributed by atoms with van der Waals surface area (Å²) in [6.07, 6.45) is 6.50. The van der Waals surface area contributed by atoms with Crippen LogP contribution in [-0.2, 0) is 10.0 Å². The fraction of sp³-hybridized carbons (Fsp3) is 0.389. The van der Waals surface area contributed by atoms with Crippen molar-refractivity contribution >= 4 is 21.5 Å². The van der Waals surface area contributed by atoms with E-state index >= 15 is 0 Å². The van der Waals surface area contributed by atoms with Crippen LogP contribution in [-0.4, -0.2) is 26.6 Å². The number of sulfonamides is 1. The summed E-state index contributed by atoms with van der Waals surface area (Å²) in [6, 6.07) is 9.03. The first kappa shape index (κ1) is 17.5. The summed E-state index contributed by atoms with van der Waals surface area (Å²) in [6.45, 7) is 1.83. The second-order valence-electron chi connectivity index (χ2n) is 6.32. The van der Waals surface area contributed by atoms with Crippen LogP contribution in [0.25, 0.3) is 0 Å². The first-order valence-electron chi connectivity index (χ1n) is 8.38. The molecule has 1 aliphatic rings. The Morgan fingerprint density at radius 2 is 1.92 bits per heavy atom. The minimum atomic E-state index is -3.77. The van der Waals surface area contributed by atoms with Crippen LogP contribution in [0.15, 0.2) is 41.4 Å². The molecule has 1 aromatic heterocycles. The molecule has 0 saturated heterocycles. The van der Waals surface area contributed by atoms with Gasteiger partial charge in [0.15, 0.2) is 0 Å². The monoisotopic (exact) mass is 361 g/mol. The topological polar surface area (TPSA) is 80.3 Å². The second kappa shape index (κ2) is 7.31. The van der Waals surface area contributed by atoms with Crippen LogP contribution in [0.5, 0.6) is 5.75 Å². The van der Waals surface area contributed by atoms with Gasteiger partial charge in [-0.05, 0) is 49.6 Å². The molecule has 0 spiro atoms. The van der Waals surface area contributed by atoms with Gasteiger partial charge in [0.05, 0.1) is 19.0 Å². The third kappa shape index (κ3) is 4.22. The van der Waals surface area contributed by atoms with Crippen molar-refractivity contribution in [2.24, 2.45) is 0 Å². The van der Waals surface area contributed by atoms with E-state index in [-0.39, 0.29) is 10.7 Å². The van der Waals surface area contributed by atoms with Gasteiger partial charge in [0.1, 0.15) is 16.5 Å². The molecular weight excluding hydrogens is 338 g/mol. The highest BCUT2D eigenvalue weighted by molar-refractivity contribution is 7.92. The standard InChI is InChI=1S/C18H23N3O3S/c1-13-7-9-16(24-2)17(11-13)25(22,23)21-18-10-8-15(12-19-18)20-14-5-3-4-6-14/h7-12,14,20H,3-6H2,1-2H3,(H,19,21). The number of hydrogen-bond acceptors (Lipinski definition) is 5.